The van der Waals surface area contributed by atoms with Gasteiger partial charge in [-0.2, -0.15) is 0 Å². The van der Waals surface area contributed by atoms with E-state index in [9.17, 15) is 22.8 Å². The molecule has 0 radical (unpaired) electrons. The minimum atomic E-state index is -4.79. The Kier molecular flexibility index (Phi) is 5.08. The number of primary amides is 1. The minimum absolute atomic E-state index is 0.0569. The minimum Gasteiger partial charge on any atom is -0.457 e. The first kappa shape index (κ1) is 17.3. The third-order valence-electron chi connectivity index (χ3n) is 2.93. The molecule has 0 bridgehead atoms. The Morgan fingerprint density at radius 3 is 1.96 bits per heavy atom. The van der Waals surface area contributed by atoms with Gasteiger partial charge in [0.1, 0.15) is 12.4 Å². The van der Waals surface area contributed by atoms with Crippen LogP contribution in [0.25, 0.3) is 0 Å². The van der Waals surface area contributed by atoms with Gasteiger partial charge in [-0.05, 0) is 42.0 Å². The maximum absolute atomic E-state index is 12.0. The molecule has 0 fully saturated rings. The molecular formula is C16H12F3NO4. The fourth-order valence-electron chi connectivity index (χ4n) is 1.79. The lowest BCUT2D eigenvalue weighted by Gasteiger charge is -2.09. The van der Waals surface area contributed by atoms with Gasteiger partial charge in [0, 0.05) is 5.56 Å². The average Bonchev–Trinajstić information content (AvgIpc) is 2.52. The molecule has 24 heavy (non-hydrogen) atoms. The number of nitrogens with two attached hydrogens (primary N) is 1. The fourth-order valence-corrected chi connectivity index (χ4v) is 1.79. The maximum atomic E-state index is 12.0. The first-order valence-electron chi connectivity index (χ1n) is 6.66. The third kappa shape index (κ3) is 5.01. The van der Waals surface area contributed by atoms with Gasteiger partial charge in [0.2, 0.25) is 5.91 Å². The van der Waals surface area contributed by atoms with E-state index in [1.807, 2.05) is 0 Å². The standard InChI is InChI=1S/C16H12F3NO4/c17-16(18,19)24-13-7-5-12(6-8-13)15(22)23-9-10-1-3-11(4-2-10)14(20)21/h1-8H,9H2,(H2,20,21). The highest BCUT2D eigenvalue weighted by Crippen LogP contribution is 2.23. The van der Waals surface area contributed by atoms with E-state index in [1.165, 1.54) is 24.3 Å². The number of halogens is 3. The van der Waals surface area contributed by atoms with Crippen molar-refractivity contribution < 1.29 is 32.2 Å². The molecule has 0 saturated heterocycles. The lowest BCUT2D eigenvalue weighted by Crippen LogP contribution is -2.17. The SMILES string of the molecule is NC(=O)c1ccc(COC(=O)c2ccc(OC(F)(F)F)cc2)cc1. The summed E-state index contributed by atoms with van der Waals surface area (Å²) in [4.78, 5) is 22.8. The third-order valence-corrected chi connectivity index (χ3v) is 2.93. The molecular weight excluding hydrogens is 327 g/mol. The van der Waals surface area contributed by atoms with E-state index < -0.39 is 24.0 Å². The van der Waals surface area contributed by atoms with E-state index in [1.54, 1.807) is 12.1 Å². The van der Waals surface area contributed by atoms with Gasteiger partial charge in [-0.3, -0.25) is 4.79 Å². The highest BCUT2D eigenvalue weighted by atomic mass is 19.4. The van der Waals surface area contributed by atoms with Crippen LogP contribution in [0.15, 0.2) is 48.5 Å². The normalized spacial score (nSPS) is 11.0. The molecule has 0 heterocycles. The van der Waals surface area contributed by atoms with E-state index in [2.05, 4.69) is 4.74 Å². The van der Waals surface area contributed by atoms with Crippen molar-refractivity contribution in [2.45, 2.75) is 13.0 Å². The van der Waals surface area contributed by atoms with Crippen LogP contribution in [0.4, 0.5) is 13.2 Å². The number of esters is 1. The summed E-state index contributed by atoms with van der Waals surface area (Å²) in [6.45, 7) is -0.0569. The molecule has 0 saturated carbocycles. The number of carbonyl (C=O) groups excluding carboxylic acids is 2. The molecule has 2 N–H and O–H groups in total. The van der Waals surface area contributed by atoms with E-state index in [-0.39, 0.29) is 12.2 Å². The van der Waals surface area contributed by atoms with Gasteiger partial charge in [0.15, 0.2) is 0 Å². The van der Waals surface area contributed by atoms with E-state index >= 15 is 0 Å². The molecule has 2 aromatic rings. The Hall–Kier alpha value is -3.03. The average molecular weight is 339 g/mol. The zero-order valence-corrected chi connectivity index (χ0v) is 12.2. The Morgan fingerprint density at radius 2 is 1.46 bits per heavy atom. The van der Waals surface area contributed by atoms with E-state index in [0.717, 1.165) is 12.1 Å². The van der Waals surface area contributed by atoms with E-state index in [0.29, 0.717) is 11.1 Å². The predicted octanol–water partition coefficient (Wildman–Crippen LogP) is 3.04. The molecule has 5 nitrogen and oxygen atoms in total. The Labute approximate surface area is 134 Å². The summed E-state index contributed by atoms with van der Waals surface area (Å²) in [5.74, 6) is -1.70. The highest BCUT2D eigenvalue weighted by Gasteiger charge is 2.31. The summed E-state index contributed by atoms with van der Waals surface area (Å²) in [6, 6.07) is 10.5. The van der Waals surface area contributed by atoms with Crippen LogP contribution in [-0.2, 0) is 11.3 Å². The topological polar surface area (TPSA) is 78.6 Å². The number of carbonyl (C=O) groups is 2. The zero-order valence-electron chi connectivity index (χ0n) is 12.2. The fraction of sp³-hybridized carbons (Fsp3) is 0.125. The Morgan fingerprint density at radius 1 is 0.917 bits per heavy atom. The molecule has 1 amide bonds. The van der Waals surface area contributed by atoms with Gasteiger partial charge in [0.05, 0.1) is 5.56 Å². The second kappa shape index (κ2) is 7.03. The molecule has 0 unspecified atom stereocenters. The summed E-state index contributed by atoms with van der Waals surface area (Å²) >= 11 is 0. The molecule has 0 aromatic heterocycles. The molecule has 126 valence electrons. The van der Waals surface area contributed by atoms with Crippen molar-refractivity contribution in [3.8, 4) is 5.75 Å². The largest absolute Gasteiger partial charge is 0.573 e. The maximum Gasteiger partial charge on any atom is 0.573 e. The first-order chi connectivity index (χ1) is 11.2. The van der Waals surface area contributed by atoms with Crippen LogP contribution in [0, 0.1) is 0 Å². The van der Waals surface area contributed by atoms with Crippen LogP contribution in [-0.4, -0.2) is 18.2 Å². The summed E-state index contributed by atoms with van der Waals surface area (Å²) in [5.41, 5.74) is 6.14. The Balaban J connectivity index is 1.93. The second-order valence-corrected chi connectivity index (χ2v) is 4.71. The quantitative estimate of drug-likeness (QED) is 0.849. The Bertz CT molecular complexity index is 724. The van der Waals surface area contributed by atoms with Crippen LogP contribution in [0.3, 0.4) is 0 Å². The predicted molar refractivity (Wildman–Crippen MR) is 77.2 cm³/mol. The van der Waals surface area contributed by atoms with Gasteiger partial charge in [0.25, 0.3) is 0 Å². The van der Waals surface area contributed by atoms with Crippen LogP contribution in [0.5, 0.6) is 5.75 Å². The van der Waals surface area contributed by atoms with Crippen molar-refractivity contribution in [1.29, 1.82) is 0 Å². The number of amides is 1. The van der Waals surface area contributed by atoms with Gasteiger partial charge < -0.3 is 15.2 Å². The number of rotatable bonds is 5. The smallest absolute Gasteiger partial charge is 0.457 e. The molecule has 8 heteroatoms. The van der Waals surface area contributed by atoms with Crippen molar-refractivity contribution in [2.75, 3.05) is 0 Å². The first-order valence-corrected chi connectivity index (χ1v) is 6.66. The van der Waals surface area contributed by atoms with Crippen molar-refractivity contribution in [3.63, 3.8) is 0 Å². The second-order valence-electron chi connectivity index (χ2n) is 4.71. The lowest BCUT2D eigenvalue weighted by molar-refractivity contribution is -0.274. The van der Waals surface area contributed by atoms with E-state index in [4.69, 9.17) is 10.5 Å². The summed E-state index contributed by atoms with van der Waals surface area (Å²) < 4.78 is 44.9. The number of alkyl halides is 3. The lowest BCUT2D eigenvalue weighted by atomic mass is 10.1. The molecule has 0 aliphatic rings. The number of hydrogen-bond acceptors (Lipinski definition) is 4. The van der Waals surface area contributed by atoms with Gasteiger partial charge >= 0.3 is 12.3 Å². The van der Waals surface area contributed by atoms with Gasteiger partial charge in [-0.15, -0.1) is 13.2 Å². The number of benzene rings is 2. The molecule has 0 aliphatic carbocycles. The number of ether oxygens (including phenoxy) is 2. The summed E-state index contributed by atoms with van der Waals surface area (Å²) in [6.07, 6.45) is -4.79. The van der Waals surface area contributed by atoms with Crippen LogP contribution in [0.2, 0.25) is 0 Å². The van der Waals surface area contributed by atoms with Crippen molar-refractivity contribution in [1.82, 2.24) is 0 Å². The van der Waals surface area contributed by atoms with Crippen LogP contribution in [0.1, 0.15) is 26.3 Å². The van der Waals surface area contributed by atoms with Crippen molar-refractivity contribution in [3.05, 3.63) is 65.2 Å². The summed E-state index contributed by atoms with van der Waals surface area (Å²) in [5, 5.41) is 0. The van der Waals surface area contributed by atoms with Gasteiger partial charge in [-0.1, -0.05) is 12.1 Å². The monoisotopic (exact) mass is 339 g/mol. The van der Waals surface area contributed by atoms with Crippen molar-refractivity contribution in [2.24, 2.45) is 5.73 Å². The molecule has 2 rings (SSSR count). The zero-order chi connectivity index (χ0) is 17.7. The van der Waals surface area contributed by atoms with Crippen LogP contribution < -0.4 is 10.5 Å². The van der Waals surface area contributed by atoms with Gasteiger partial charge in [-0.25, -0.2) is 4.79 Å². The summed E-state index contributed by atoms with van der Waals surface area (Å²) in [7, 11) is 0. The number of hydrogen-bond donors (Lipinski definition) is 1. The highest BCUT2D eigenvalue weighted by molar-refractivity contribution is 5.92. The molecule has 0 aliphatic heterocycles. The molecule has 2 aromatic carbocycles. The molecule has 0 atom stereocenters. The molecule has 0 spiro atoms. The van der Waals surface area contributed by atoms with Crippen molar-refractivity contribution >= 4 is 11.9 Å². The van der Waals surface area contributed by atoms with Crippen LogP contribution >= 0.6 is 0 Å².